The lowest BCUT2D eigenvalue weighted by Crippen LogP contribution is -2.48. The van der Waals surface area contributed by atoms with Crippen LogP contribution in [0.4, 0.5) is 0 Å². The minimum atomic E-state index is -0.0893. The zero-order valence-corrected chi connectivity index (χ0v) is 15.7. The van der Waals surface area contributed by atoms with Crippen molar-refractivity contribution in [1.82, 2.24) is 15.2 Å². The number of hydrogen-bond acceptors (Lipinski definition) is 5. The Hall–Kier alpha value is -2.70. The average molecular weight is 366 g/mol. The number of amides is 1. The van der Waals surface area contributed by atoms with E-state index in [1.54, 1.807) is 12.5 Å². The van der Waals surface area contributed by atoms with Crippen LogP contribution < -0.4 is 5.43 Å². The molecular weight excluding hydrogens is 340 g/mol. The Bertz CT molecular complexity index is 761. The average Bonchev–Trinajstić information content (AvgIpc) is 3.17. The van der Waals surface area contributed by atoms with Crippen LogP contribution in [0.15, 0.2) is 63.8 Å². The molecule has 1 aliphatic rings. The van der Waals surface area contributed by atoms with Gasteiger partial charge < -0.3 is 4.42 Å². The summed E-state index contributed by atoms with van der Waals surface area (Å²) in [5.74, 6) is 0.673. The second-order valence-corrected chi connectivity index (χ2v) is 6.73. The Kier molecular flexibility index (Phi) is 6.96. The van der Waals surface area contributed by atoms with Crippen molar-refractivity contribution in [3.05, 3.63) is 65.6 Å². The van der Waals surface area contributed by atoms with Gasteiger partial charge in [0.2, 0.25) is 0 Å². The highest BCUT2D eigenvalue weighted by Crippen LogP contribution is 2.08. The molecule has 27 heavy (non-hydrogen) atoms. The largest absolute Gasteiger partial charge is 0.465 e. The summed E-state index contributed by atoms with van der Waals surface area (Å²) < 4.78 is 5.24. The number of nitrogens with one attached hydrogen (secondary N) is 1. The lowest BCUT2D eigenvalue weighted by atomic mass is 10.2. The molecule has 1 saturated heterocycles. The van der Waals surface area contributed by atoms with Crippen LogP contribution in [0.25, 0.3) is 6.08 Å². The fourth-order valence-electron chi connectivity index (χ4n) is 3.03. The molecule has 2 aromatic rings. The van der Waals surface area contributed by atoms with Gasteiger partial charge in [-0.1, -0.05) is 30.3 Å². The van der Waals surface area contributed by atoms with Crippen LogP contribution >= 0.6 is 0 Å². The highest BCUT2D eigenvalue weighted by molar-refractivity contribution is 5.86. The lowest BCUT2D eigenvalue weighted by Gasteiger charge is -2.34. The topological polar surface area (TPSA) is 61.1 Å². The van der Waals surface area contributed by atoms with Crippen molar-refractivity contribution in [3.8, 4) is 0 Å². The van der Waals surface area contributed by atoms with Gasteiger partial charge in [0.05, 0.1) is 19.0 Å². The van der Waals surface area contributed by atoms with Gasteiger partial charge in [-0.2, -0.15) is 5.10 Å². The lowest BCUT2D eigenvalue weighted by molar-refractivity contribution is -0.122. The Morgan fingerprint density at radius 3 is 2.56 bits per heavy atom. The molecule has 0 atom stereocenters. The summed E-state index contributed by atoms with van der Waals surface area (Å²) in [7, 11) is 0. The van der Waals surface area contributed by atoms with Gasteiger partial charge in [-0.15, -0.1) is 0 Å². The summed E-state index contributed by atoms with van der Waals surface area (Å²) in [5, 5.41) is 4.02. The number of hydrazone groups is 1. The fraction of sp³-hybridized carbons (Fsp3) is 0.333. The summed E-state index contributed by atoms with van der Waals surface area (Å²) >= 11 is 0. The van der Waals surface area contributed by atoms with Crippen molar-refractivity contribution in [2.45, 2.75) is 13.5 Å². The van der Waals surface area contributed by atoms with E-state index in [0.717, 1.165) is 44.1 Å². The first-order valence-corrected chi connectivity index (χ1v) is 9.21. The highest BCUT2D eigenvalue weighted by atomic mass is 16.3. The predicted molar refractivity (Wildman–Crippen MR) is 107 cm³/mol. The summed E-state index contributed by atoms with van der Waals surface area (Å²) in [4.78, 5) is 16.7. The molecule has 0 saturated carbocycles. The number of benzene rings is 1. The van der Waals surface area contributed by atoms with E-state index in [1.165, 1.54) is 5.56 Å². The third kappa shape index (κ3) is 6.51. The number of allylic oxidation sites excluding steroid dienone is 1. The maximum atomic E-state index is 12.1. The van der Waals surface area contributed by atoms with Crippen molar-refractivity contribution in [2.24, 2.45) is 5.10 Å². The monoisotopic (exact) mass is 366 g/mol. The molecule has 0 unspecified atom stereocenters. The zero-order chi connectivity index (χ0) is 18.9. The smallest absolute Gasteiger partial charge is 0.254 e. The summed E-state index contributed by atoms with van der Waals surface area (Å²) in [6, 6.07) is 14.2. The molecule has 142 valence electrons. The standard InChI is InChI=1S/C21H26N4O2/c1-18(14-20-8-5-13-27-20)15-22-23-21(26)17-25-11-9-24(10-12-25)16-19-6-3-2-4-7-19/h2-8,13-15H,9-12,16-17H2,1H3,(H,23,26)/b18-14+,22-15+. The van der Waals surface area contributed by atoms with Gasteiger partial charge in [0.25, 0.3) is 5.91 Å². The molecule has 6 nitrogen and oxygen atoms in total. The van der Waals surface area contributed by atoms with E-state index in [-0.39, 0.29) is 5.91 Å². The van der Waals surface area contributed by atoms with E-state index >= 15 is 0 Å². The second kappa shape index (κ2) is 9.85. The minimum Gasteiger partial charge on any atom is -0.465 e. The van der Waals surface area contributed by atoms with Crippen molar-refractivity contribution in [3.63, 3.8) is 0 Å². The molecule has 1 N–H and O–H groups in total. The van der Waals surface area contributed by atoms with Gasteiger partial charge in [0.15, 0.2) is 0 Å². The van der Waals surface area contributed by atoms with E-state index in [1.807, 2.05) is 31.2 Å². The molecule has 6 heteroatoms. The van der Waals surface area contributed by atoms with Gasteiger partial charge in [0.1, 0.15) is 5.76 Å². The molecule has 0 radical (unpaired) electrons. The molecule has 0 spiro atoms. The first kappa shape index (κ1) is 19.1. The molecule has 1 aliphatic heterocycles. The van der Waals surface area contributed by atoms with Crippen LogP contribution in [-0.2, 0) is 11.3 Å². The quantitative estimate of drug-likeness (QED) is 0.604. The molecule has 0 aliphatic carbocycles. The number of hydrogen-bond donors (Lipinski definition) is 1. The SMILES string of the molecule is CC(/C=N/NC(=O)CN1CCN(Cc2ccccc2)CC1)=C\c1ccco1. The van der Waals surface area contributed by atoms with Crippen LogP contribution in [0.2, 0.25) is 0 Å². The summed E-state index contributed by atoms with van der Waals surface area (Å²) in [6.07, 6.45) is 5.11. The minimum absolute atomic E-state index is 0.0893. The number of piperazine rings is 1. The normalized spacial score (nSPS) is 16.7. The Labute approximate surface area is 160 Å². The molecule has 0 bridgehead atoms. The summed E-state index contributed by atoms with van der Waals surface area (Å²) in [5.41, 5.74) is 4.83. The predicted octanol–water partition coefficient (Wildman–Crippen LogP) is 2.60. The maximum Gasteiger partial charge on any atom is 0.254 e. The van der Waals surface area contributed by atoms with Gasteiger partial charge in [0, 0.05) is 32.7 Å². The van der Waals surface area contributed by atoms with Gasteiger partial charge in [-0.25, -0.2) is 5.43 Å². The molecule has 1 amide bonds. The van der Waals surface area contributed by atoms with E-state index in [2.05, 4.69) is 44.6 Å². The molecule has 1 fully saturated rings. The van der Waals surface area contributed by atoms with Gasteiger partial charge >= 0.3 is 0 Å². The highest BCUT2D eigenvalue weighted by Gasteiger charge is 2.18. The maximum absolute atomic E-state index is 12.1. The third-order valence-corrected chi connectivity index (χ3v) is 4.45. The molecule has 3 rings (SSSR count). The fourth-order valence-corrected chi connectivity index (χ4v) is 3.03. The van der Waals surface area contributed by atoms with E-state index < -0.39 is 0 Å². The van der Waals surface area contributed by atoms with Crippen molar-refractivity contribution >= 4 is 18.2 Å². The molecular formula is C21H26N4O2. The first-order valence-electron chi connectivity index (χ1n) is 9.21. The van der Waals surface area contributed by atoms with Crippen molar-refractivity contribution in [2.75, 3.05) is 32.7 Å². The van der Waals surface area contributed by atoms with E-state index in [0.29, 0.717) is 6.54 Å². The van der Waals surface area contributed by atoms with Crippen LogP contribution in [-0.4, -0.2) is 54.6 Å². The number of carbonyl (C=O) groups excluding carboxylic acids is 1. The zero-order valence-electron chi connectivity index (χ0n) is 15.7. The van der Waals surface area contributed by atoms with Crippen molar-refractivity contribution < 1.29 is 9.21 Å². The first-order chi connectivity index (χ1) is 13.2. The van der Waals surface area contributed by atoms with Gasteiger partial charge in [-0.05, 0) is 36.3 Å². The molecule has 1 aromatic heterocycles. The van der Waals surface area contributed by atoms with Gasteiger partial charge in [-0.3, -0.25) is 14.6 Å². The van der Waals surface area contributed by atoms with Crippen LogP contribution in [0.3, 0.4) is 0 Å². The number of carbonyl (C=O) groups is 1. The number of rotatable bonds is 7. The number of furan rings is 1. The van der Waals surface area contributed by atoms with Crippen LogP contribution in [0, 0.1) is 0 Å². The van der Waals surface area contributed by atoms with Crippen LogP contribution in [0.5, 0.6) is 0 Å². The third-order valence-electron chi connectivity index (χ3n) is 4.45. The van der Waals surface area contributed by atoms with Crippen molar-refractivity contribution in [1.29, 1.82) is 0 Å². The van der Waals surface area contributed by atoms with E-state index in [4.69, 9.17) is 4.42 Å². The Balaban J connectivity index is 1.36. The second-order valence-electron chi connectivity index (χ2n) is 6.73. The Morgan fingerprint density at radius 1 is 1.11 bits per heavy atom. The molecule has 2 heterocycles. The van der Waals surface area contributed by atoms with E-state index in [9.17, 15) is 4.79 Å². The molecule has 1 aromatic carbocycles. The Morgan fingerprint density at radius 2 is 1.85 bits per heavy atom. The number of nitrogens with zero attached hydrogens (tertiary/aromatic N) is 3. The van der Waals surface area contributed by atoms with Crippen LogP contribution in [0.1, 0.15) is 18.2 Å². The summed E-state index contributed by atoms with van der Waals surface area (Å²) in [6.45, 7) is 6.96.